The van der Waals surface area contributed by atoms with Crippen LogP contribution in [0.5, 0.6) is 0 Å². The molecule has 1 aromatic carbocycles. The van der Waals surface area contributed by atoms with Gasteiger partial charge in [0, 0.05) is 10.5 Å². The van der Waals surface area contributed by atoms with Gasteiger partial charge in [-0.25, -0.2) is 4.39 Å². The molecule has 18 heavy (non-hydrogen) atoms. The van der Waals surface area contributed by atoms with Crippen LogP contribution in [0.3, 0.4) is 0 Å². The lowest BCUT2D eigenvalue weighted by molar-refractivity contribution is 0.578. The van der Waals surface area contributed by atoms with Crippen molar-refractivity contribution < 1.29 is 4.39 Å². The molecule has 96 valence electrons. The Bertz CT molecular complexity index is 568. The van der Waals surface area contributed by atoms with Crippen molar-refractivity contribution in [3.63, 3.8) is 0 Å². The second-order valence-corrected chi connectivity index (χ2v) is 5.34. The highest BCUT2D eigenvalue weighted by Gasteiger charge is 2.18. The molecule has 2 rings (SSSR count). The minimum atomic E-state index is -0.334. The van der Waals surface area contributed by atoms with Crippen LogP contribution in [0.1, 0.15) is 25.7 Å². The summed E-state index contributed by atoms with van der Waals surface area (Å²) in [6, 6.07) is 4.99. The van der Waals surface area contributed by atoms with E-state index in [4.69, 9.17) is 11.6 Å². The fourth-order valence-electron chi connectivity index (χ4n) is 1.81. The van der Waals surface area contributed by atoms with E-state index in [1.165, 1.54) is 6.07 Å². The molecule has 0 aliphatic carbocycles. The predicted octanol–water partition coefficient (Wildman–Crippen LogP) is 4.17. The van der Waals surface area contributed by atoms with Gasteiger partial charge in [-0.1, -0.05) is 15.9 Å². The van der Waals surface area contributed by atoms with Crippen LogP contribution in [-0.2, 0) is 5.88 Å². The maximum absolute atomic E-state index is 13.9. The van der Waals surface area contributed by atoms with Gasteiger partial charge in [0.1, 0.15) is 11.6 Å². The van der Waals surface area contributed by atoms with Crippen molar-refractivity contribution in [3.05, 3.63) is 34.3 Å². The molecule has 6 heteroatoms. The molecule has 0 N–H and O–H groups in total. The zero-order valence-corrected chi connectivity index (χ0v) is 12.3. The summed E-state index contributed by atoms with van der Waals surface area (Å²) in [5.41, 5.74) is 0.427. The minimum absolute atomic E-state index is 0.117. The molecule has 0 saturated heterocycles. The number of alkyl halides is 1. The normalized spacial score (nSPS) is 11.2. The molecule has 0 aliphatic heterocycles. The zero-order valence-electron chi connectivity index (χ0n) is 9.99. The third kappa shape index (κ3) is 2.42. The number of aromatic nitrogens is 3. The number of hydrogen-bond donors (Lipinski definition) is 0. The summed E-state index contributed by atoms with van der Waals surface area (Å²) in [6.45, 7) is 3.97. The van der Waals surface area contributed by atoms with Crippen molar-refractivity contribution >= 4 is 27.5 Å². The molecule has 0 atom stereocenters. The van der Waals surface area contributed by atoms with E-state index in [1.54, 1.807) is 12.1 Å². The lowest BCUT2D eigenvalue weighted by Crippen LogP contribution is -2.07. The molecule has 0 saturated carbocycles. The molecule has 2 aromatic rings. The summed E-state index contributed by atoms with van der Waals surface area (Å²) in [5.74, 6) is 1.07. The second kappa shape index (κ2) is 5.36. The van der Waals surface area contributed by atoms with E-state index in [1.807, 2.05) is 18.4 Å². The average molecular weight is 333 g/mol. The van der Waals surface area contributed by atoms with Crippen LogP contribution in [0, 0.1) is 5.82 Å². The molecule has 3 nitrogen and oxygen atoms in total. The van der Waals surface area contributed by atoms with Crippen LogP contribution >= 0.6 is 27.5 Å². The van der Waals surface area contributed by atoms with E-state index >= 15 is 0 Å². The smallest absolute Gasteiger partial charge is 0.167 e. The van der Waals surface area contributed by atoms with Crippen molar-refractivity contribution in [1.82, 2.24) is 14.8 Å². The van der Waals surface area contributed by atoms with Gasteiger partial charge in [-0.05, 0) is 32.0 Å². The van der Waals surface area contributed by atoms with Crippen LogP contribution in [0.15, 0.2) is 22.7 Å². The van der Waals surface area contributed by atoms with Gasteiger partial charge >= 0.3 is 0 Å². The van der Waals surface area contributed by atoms with Crippen LogP contribution in [0.4, 0.5) is 4.39 Å². The van der Waals surface area contributed by atoms with Gasteiger partial charge in [-0.3, -0.25) is 0 Å². The Kier molecular flexibility index (Phi) is 4.02. The largest absolute Gasteiger partial charge is 0.307 e. The molecule has 0 fully saturated rings. The van der Waals surface area contributed by atoms with Crippen molar-refractivity contribution in [2.24, 2.45) is 0 Å². The summed E-state index contributed by atoms with van der Waals surface area (Å²) >= 11 is 9.05. The summed E-state index contributed by atoms with van der Waals surface area (Å²) < 4.78 is 16.5. The Labute approximate surface area is 118 Å². The van der Waals surface area contributed by atoms with Crippen molar-refractivity contribution in [2.45, 2.75) is 25.8 Å². The SMILES string of the molecule is CC(C)n1c(CCl)nnc1-c1ccc(Br)cc1F. The Hall–Kier alpha value is -0.940. The first kappa shape index (κ1) is 13.5. The fourth-order valence-corrected chi connectivity index (χ4v) is 2.33. The van der Waals surface area contributed by atoms with Gasteiger partial charge in [0.2, 0.25) is 0 Å². The molecule has 0 unspecified atom stereocenters. The van der Waals surface area contributed by atoms with E-state index in [0.717, 1.165) is 0 Å². The Morgan fingerprint density at radius 2 is 2.11 bits per heavy atom. The van der Waals surface area contributed by atoms with E-state index < -0.39 is 0 Å². The summed E-state index contributed by atoms with van der Waals surface area (Å²) in [4.78, 5) is 0. The van der Waals surface area contributed by atoms with Crippen molar-refractivity contribution in [2.75, 3.05) is 0 Å². The number of hydrogen-bond acceptors (Lipinski definition) is 2. The zero-order chi connectivity index (χ0) is 13.3. The van der Waals surface area contributed by atoms with Gasteiger partial charge in [0.05, 0.1) is 11.4 Å². The standard InChI is InChI=1S/C12H12BrClFN3/c1-7(2)18-11(6-14)16-17-12(18)9-4-3-8(13)5-10(9)15/h3-5,7H,6H2,1-2H3. The van der Waals surface area contributed by atoms with Gasteiger partial charge in [-0.2, -0.15) is 0 Å². The molecule has 0 spiro atoms. The highest BCUT2D eigenvalue weighted by atomic mass is 79.9. The van der Waals surface area contributed by atoms with E-state index in [0.29, 0.717) is 21.7 Å². The van der Waals surface area contributed by atoms with Gasteiger partial charge in [-0.15, -0.1) is 21.8 Å². The second-order valence-electron chi connectivity index (χ2n) is 4.16. The molecule has 1 aromatic heterocycles. The first-order chi connectivity index (χ1) is 8.54. The molecule has 0 amide bonds. The molecular formula is C12H12BrClFN3. The van der Waals surface area contributed by atoms with E-state index in [9.17, 15) is 4.39 Å². The predicted molar refractivity (Wildman–Crippen MR) is 73.1 cm³/mol. The Balaban J connectivity index is 2.60. The number of nitrogens with zero attached hydrogens (tertiary/aromatic N) is 3. The molecule has 1 heterocycles. The van der Waals surface area contributed by atoms with Crippen molar-refractivity contribution in [1.29, 1.82) is 0 Å². The fraction of sp³-hybridized carbons (Fsp3) is 0.333. The maximum atomic E-state index is 13.9. The van der Waals surface area contributed by atoms with Gasteiger partial charge in [0.25, 0.3) is 0 Å². The van der Waals surface area contributed by atoms with E-state index in [2.05, 4.69) is 26.1 Å². The average Bonchev–Trinajstić information content (AvgIpc) is 2.72. The topological polar surface area (TPSA) is 30.7 Å². The number of halogens is 3. The van der Waals surface area contributed by atoms with Crippen LogP contribution in [0.2, 0.25) is 0 Å². The first-order valence-electron chi connectivity index (χ1n) is 5.49. The Morgan fingerprint density at radius 3 is 2.67 bits per heavy atom. The number of rotatable bonds is 3. The lowest BCUT2D eigenvalue weighted by atomic mass is 10.2. The van der Waals surface area contributed by atoms with Crippen LogP contribution < -0.4 is 0 Å². The Morgan fingerprint density at radius 1 is 1.39 bits per heavy atom. The third-order valence-corrected chi connectivity index (χ3v) is 3.31. The molecule has 0 radical (unpaired) electrons. The highest BCUT2D eigenvalue weighted by Crippen LogP contribution is 2.27. The summed E-state index contributed by atoms with van der Waals surface area (Å²) in [6.07, 6.45) is 0. The maximum Gasteiger partial charge on any atom is 0.167 e. The quantitative estimate of drug-likeness (QED) is 0.790. The summed E-state index contributed by atoms with van der Waals surface area (Å²) in [5, 5.41) is 8.04. The van der Waals surface area contributed by atoms with Crippen LogP contribution in [-0.4, -0.2) is 14.8 Å². The van der Waals surface area contributed by atoms with Gasteiger partial charge in [0.15, 0.2) is 5.82 Å². The molecular weight excluding hydrogens is 321 g/mol. The van der Waals surface area contributed by atoms with Crippen LogP contribution in [0.25, 0.3) is 11.4 Å². The third-order valence-electron chi connectivity index (χ3n) is 2.57. The summed E-state index contributed by atoms with van der Waals surface area (Å²) in [7, 11) is 0. The minimum Gasteiger partial charge on any atom is -0.307 e. The first-order valence-corrected chi connectivity index (χ1v) is 6.82. The molecule has 0 aliphatic rings. The lowest BCUT2D eigenvalue weighted by Gasteiger charge is -2.13. The highest BCUT2D eigenvalue weighted by molar-refractivity contribution is 9.10. The van der Waals surface area contributed by atoms with Crippen molar-refractivity contribution in [3.8, 4) is 11.4 Å². The van der Waals surface area contributed by atoms with Gasteiger partial charge < -0.3 is 4.57 Å². The number of benzene rings is 1. The van der Waals surface area contributed by atoms with E-state index in [-0.39, 0.29) is 17.7 Å². The monoisotopic (exact) mass is 331 g/mol. The molecule has 0 bridgehead atoms.